The van der Waals surface area contributed by atoms with Crippen molar-refractivity contribution in [2.45, 2.75) is 25.3 Å². The predicted molar refractivity (Wildman–Crippen MR) is 76.5 cm³/mol. The number of carbonyl (C=O) groups is 2. The number of amides is 2. The van der Waals surface area contributed by atoms with Crippen LogP contribution in [0.3, 0.4) is 0 Å². The average Bonchev–Trinajstić information content (AvgIpc) is 2.57. The topological polar surface area (TPSA) is 49.4 Å². The quantitative estimate of drug-likeness (QED) is 0.924. The minimum atomic E-state index is -0.527. The van der Waals surface area contributed by atoms with E-state index in [1.54, 1.807) is 0 Å². The summed E-state index contributed by atoms with van der Waals surface area (Å²) in [7, 11) is 0. The molecule has 6 heteroatoms. The summed E-state index contributed by atoms with van der Waals surface area (Å²) < 4.78 is 0.971. The molecule has 0 bridgehead atoms. The number of nitrogens with one attached hydrogen (secondary N) is 1. The second-order valence-corrected chi connectivity index (χ2v) is 6.19. The van der Waals surface area contributed by atoms with Crippen molar-refractivity contribution < 1.29 is 9.59 Å². The number of anilines is 1. The zero-order chi connectivity index (χ0) is 13.3. The molecule has 1 aliphatic rings. The van der Waals surface area contributed by atoms with Gasteiger partial charge in [-0.25, -0.2) is 0 Å². The number of hydrogen-bond acceptors (Lipinski definition) is 4. The van der Waals surface area contributed by atoms with E-state index >= 15 is 0 Å². The number of benzene rings is 1. The van der Waals surface area contributed by atoms with Crippen molar-refractivity contribution in [1.82, 2.24) is 4.90 Å². The van der Waals surface area contributed by atoms with E-state index in [-0.39, 0.29) is 17.2 Å². The van der Waals surface area contributed by atoms with E-state index in [2.05, 4.69) is 21.2 Å². The van der Waals surface area contributed by atoms with Gasteiger partial charge in [-0.05, 0) is 49.9 Å². The Morgan fingerprint density at radius 3 is 2.39 bits per heavy atom. The van der Waals surface area contributed by atoms with Gasteiger partial charge < -0.3 is 5.32 Å². The SMILES string of the molecule is CC(C)N1C(=O)S[C@@H](Nc2ccc(Br)cc2)C1=O. The number of hydrogen-bond donors (Lipinski definition) is 1. The normalized spacial score (nSPS) is 19.8. The Kier molecular flexibility index (Phi) is 3.97. The molecule has 1 N–H and O–H groups in total. The van der Waals surface area contributed by atoms with E-state index < -0.39 is 5.37 Å². The maximum absolute atomic E-state index is 12.0. The Morgan fingerprint density at radius 2 is 1.89 bits per heavy atom. The van der Waals surface area contributed by atoms with Gasteiger partial charge in [-0.15, -0.1) is 0 Å². The summed E-state index contributed by atoms with van der Waals surface area (Å²) in [5.74, 6) is -0.178. The maximum Gasteiger partial charge on any atom is 0.291 e. The standard InChI is InChI=1S/C12H13BrN2O2S/c1-7(2)15-11(16)10(18-12(15)17)14-9-5-3-8(13)4-6-9/h3-7,10,14H,1-2H3/t10-/m1/s1. The predicted octanol–water partition coefficient (Wildman–Crippen LogP) is 3.29. The van der Waals surface area contributed by atoms with Crippen LogP contribution in [0, 0.1) is 0 Å². The number of nitrogens with zero attached hydrogens (tertiary/aromatic N) is 1. The first-order chi connectivity index (χ1) is 8.49. The third-order valence-electron chi connectivity index (χ3n) is 2.54. The Morgan fingerprint density at radius 1 is 1.28 bits per heavy atom. The van der Waals surface area contributed by atoms with Crippen molar-refractivity contribution in [1.29, 1.82) is 0 Å². The molecule has 96 valence electrons. The fourth-order valence-electron chi connectivity index (χ4n) is 1.68. The van der Waals surface area contributed by atoms with Crippen molar-refractivity contribution in [2.24, 2.45) is 0 Å². The molecule has 1 heterocycles. The highest BCUT2D eigenvalue weighted by Crippen LogP contribution is 2.29. The molecule has 18 heavy (non-hydrogen) atoms. The molecule has 4 nitrogen and oxygen atoms in total. The van der Waals surface area contributed by atoms with Gasteiger partial charge in [0.05, 0.1) is 0 Å². The summed E-state index contributed by atoms with van der Waals surface area (Å²) in [5.41, 5.74) is 0.822. The molecule has 1 aromatic rings. The second kappa shape index (κ2) is 5.32. The molecular weight excluding hydrogens is 316 g/mol. The molecule has 0 spiro atoms. The molecule has 0 aromatic heterocycles. The van der Waals surface area contributed by atoms with Crippen molar-refractivity contribution >= 4 is 44.5 Å². The number of carbonyl (C=O) groups excluding carboxylic acids is 2. The number of imide groups is 1. The molecule has 1 aromatic carbocycles. The van der Waals surface area contributed by atoms with E-state index in [0.29, 0.717) is 0 Å². The van der Waals surface area contributed by atoms with Crippen LogP contribution in [0.2, 0.25) is 0 Å². The van der Waals surface area contributed by atoms with E-state index in [1.807, 2.05) is 38.1 Å². The molecule has 1 fully saturated rings. The number of rotatable bonds is 3. The van der Waals surface area contributed by atoms with Crippen LogP contribution >= 0.6 is 27.7 Å². The smallest absolute Gasteiger partial charge is 0.291 e. The van der Waals surface area contributed by atoms with Crippen LogP contribution in [-0.2, 0) is 4.79 Å². The van der Waals surface area contributed by atoms with E-state index in [9.17, 15) is 9.59 Å². The van der Waals surface area contributed by atoms with Gasteiger partial charge in [0.2, 0.25) is 0 Å². The van der Waals surface area contributed by atoms with Crippen LogP contribution in [0.4, 0.5) is 10.5 Å². The summed E-state index contributed by atoms with van der Waals surface area (Å²) >= 11 is 4.37. The second-order valence-electron chi connectivity index (χ2n) is 4.22. The van der Waals surface area contributed by atoms with Gasteiger partial charge in [0, 0.05) is 16.2 Å². The first-order valence-corrected chi connectivity index (χ1v) is 7.22. The molecule has 0 saturated carbocycles. The number of thioether (sulfide) groups is 1. The highest BCUT2D eigenvalue weighted by molar-refractivity contribution is 9.10. The van der Waals surface area contributed by atoms with Crippen LogP contribution in [-0.4, -0.2) is 27.5 Å². The Labute approximate surface area is 118 Å². The lowest BCUT2D eigenvalue weighted by molar-refractivity contribution is -0.127. The molecule has 1 aliphatic heterocycles. The molecule has 0 aliphatic carbocycles. The Bertz CT molecular complexity index is 475. The van der Waals surface area contributed by atoms with Crippen molar-refractivity contribution in [3.05, 3.63) is 28.7 Å². The summed E-state index contributed by atoms with van der Waals surface area (Å²) in [4.78, 5) is 25.0. The monoisotopic (exact) mass is 328 g/mol. The summed E-state index contributed by atoms with van der Waals surface area (Å²) in [6.07, 6.45) is 0. The minimum Gasteiger partial charge on any atom is -0.365 e. The van der Waals surface area contributed by atoms with Gasteiger partial charge in [-0.3, -0.25) is 14.5 Å². The highest BCUT2D eigenvalue weighted by atomic mass is 79.9. The first kappa shape index (κ1) is 13.4. The molecule has 0 radical (unpaired) electrons. The van der Waals surface area contributed by atoms with Crippen LogP contribution < -0.4 is 5.32 Å². The minimum absolute atomic E-state index is 0.103. The molecule has 0 unspecified atom stereocenters. The first-order valence-electron chi connectivity index (χ1n) is 5.55. The molecule has 2 amide bonds. The third kappa shape index (κ3) is 2.70. The Balaban J connectivity index is 2.10. The summed E-state index contributed by atoms with van der Waals surface area (Å²) in [5, 5.41) is 2.35. The molecule has 1 saturated heterocycles. The van der Waals surface area contributed by atoms with Gasteiger partial charge in [-0.2, -0.15) is 0 Å². The average molecular weight is 329 g/mol. The largest absolute Gasteiger partial charge is 0.365 e. The van der Waals surface area contributed by atoms with E-state index in [0.717, 1.165) is 21.9 Å². The Hall–Kier alpha value is -1.01. The summed E-state index contributed by atoms with van der Waals surface area (Å²) in [6.45, 7) is 3.66. The molecule has 1 atom stereocenters. The van der Waals surface area contributed by atoms with Crippen LogP contribution in [0.15, 0.2) is 28.7 Å². The van der Waals surface area contributed by atoms with E-state index in [1.165, 1.54) is 4.90 Å². The van der Waals surface area contributed by atoms with Gasteiger partial charge in [0.15, 0.2) is 5.37 Å². The van der Waals surface area contributed by atoms with Crippen molar-refractivity contribution in [2.75, 3.05) is 5.32 Å². The van der Waals surface area contributed by atoms with Gasteiger partial charge in [0.25, 0.3) is 11.1 Å². The highest BCUT2D eigenvalue weighted by Gasteiger charge is 2.40. The fraction of sp³-hybridized carbons (Fsp3) is 0.333. The molecular formula is C12H13BrN2O2S. The van der Waals surface area contributed by atoms with Crippen LogP contribution in [0.5, 0.6) is 0 Å². The van der Waals surface area contributed by atoms with Crippen LogP contribution in [0.1, 0.15) is 13.8 Å². The van der Waals surface area contributed by atoms with Gasteiger partial charge in [-0.1, -0.05) is 15.9 Å². The van der Waals surface area contributed by atoms with Crippen molar-refractivity contribution in [3.8, 4) is 0 Å². The zero-order valence-electron chi connectivity index (χ0n) is 10.0. The number of halogens is 1. The zero-order valence-corrected chi connectivity index (χ0v) is 12.4. The maximum atomic E-state index is 12.0. The summed E-state index contributed by atoms with van der Waals surface area (Å²) in [6, 6.07) is 7.39. The third-order valence-corrected chi connectivity index (χ3v) is 4.02. The van der Waals surface area contributed by atoms with Crippen LogP contribution in [0.25, 0.3) is 0 Å². The van der Waals surface area contributed by atoms with Gasteiger partial charge >= 0.3 is 0 Å². The lowest BCUT2D eigenvalue weighted by atomic mass is 10.3. The lowest BCUT2D eigenvalue weighted by Crippen LogP contribution is -2.38. The van der Waals surface area contributed by atoms with E-state index in [4.69, 9.17) is 0 Å². The fourth-order valence-corrected chi connectivity index (χ4v) is 2.97. The molecule has 2 rings (SSSR count). The van der Waals surface area contributed by atoms with Gasteiger partial charge in [0.1, 0.15) is 0 Å². The lowest BCUT2D eigenvalue weighted by Gasteiger charge is -2.18. The van der Waals surface area contributed by atoms with Crippen molar-refractivity contribution in [3.63, 3.8) is 0 Å².